The summed E-state index contributed by atoms with van der Waals surface area (Å²) in [6, 6.07) is 8.09. The third kappa shape index (κ3) is 2.56. The Morgan fingerprint density at radius 2 is 1.94 bits per heavy atom. The molecule has 0 unspecified atom stereocenters. The summed E-state index contributed by atoms with van der Waals surface area (Å²) in [6.07, 6.45) is 0. The topological polar surface area (TPSA) is 56.7 Å². The number of benzene rings is 1. The van der Waals surface area contributed by atoms with Crippen molar-refractivity contribution < 1.29 is 0 Å². The van der Waals surface area contributed by atoms with Gasteiger partial charge in [0, 0.05) is 9.89 Å². The molecule has 0 fully saturated rings. The molecule has 1 aromatic carbocycles. The van der Waals surface area contributed by atoms with Crippen molar-refractivity contribution in [2.45, 2.75) is 32.7 Å². The fourth-order valence-electron chi connectivity index (χ4n) is 2.00. The fourth-order valence-corrected chi connectivity index (χ4v) is 2.41. The van der Waals surface area contributed by atoms with Crippen LogP contribution in [0.4, 0.5) is 5.82 Å². The molecule has 0 amide bonds. The van der Waals surface area contributed by atoms with E-state index in [1.165, 1.54) is 0 Å². The van der Waals surface area contributed by atoms with Gasteiger partial charge in [0.05, 0.1) is 12.2 Å². The smallest absolute Gasteiger partial charge is 0.169 e. The Morgan fingerprint density at radius 1 is 1.28 bits per heavy atom. The largest absolute Gasteiger partial charge is 0.381 e. The molecular formula is C13H17BrN4. The highest BCUT2D eigenvalue weighted by molar-refractivity contribution is 9.10. The van der Waals surface area contributed by atoms with Gasteiger partial charge in [-0.05, 0) is 11.6 Å². The zero-order valence-electron chi connectivity index (χ0n) is 10.8. The molecule has 1 aromatic heterocycles. The van der Waals surface area contributed by atoms with Crippen LogP contribution in [0.3, 0.4) is 0 Å². The predicted octanol–water partition coefficient (Wildman–Crippen LogP) is 2.97. The van der Waals surface area contributed by atoms with Crippen LogP contribution in [0.5, 0.6) is 0 Å². The van der Waals surface area contributed by atoms with E-state index in [1.54, 1.807) is 0 Å². The number of nitrogens with two attached hydrogens (primary N) is 1. The van der Waals surface area contributed by atoms with E-state index >= 15 is 0 Å². The number of nitrogen functional groups attached to an aromatic ring is 1. The van der Waals surface area contributed by atoms with E-state index in [2.05, 4.69) is 53.1 Å². The lowest BCUT2D eigenvalue weighted by Crippen LogP contribution is -2.20. The van der Waals surface area contributed by atoms with Gasteiger partial charge in [0.25, 0.3) is 0 Å². The van der Waals surface area contributed by atoms with Gasteiger partial charge < -0.3 is 5.73 Å². The van der Waals surface area contributed by atoms with Gasteiger partial charge in [0.15, 0.2) is 5.82 Å². The van der Waals surface area contributed by atoms with Crippen molar-refractivity contribution in [2.75, 3.05) is 5.73 Å². The first kappa shape index (κ1) is 13.1. The normalized spacial score (nSPS) is 11.8. The Hall–Kier alpha value is -1.36. The molecule has 18 heavy (non-hydrogen) atoms. The first-order chi connectivity index (χ1) is 8.39. The van der Waals surface area contributed by atoms with E-state index in [9.17, 15) is 0 Å². The number of aromatic nitrogens is 3. The van der Waals surface area contributed by atoms with E-state index < -0.39 is 0 Å². The number of anilines is 1. The zero-order valence-corrected chi connectivity index (χ0v) is 12.4. The van der Waals surface area contributed by atoms with E-state index in [4.69, 9.17) is 5.73 Å². The minimum absolute atomic E-state index is 0.0746. The Morgan fingerprint density at radius 3 is 2.56 bits per heavy atom. The molecule has 4 nitrogen and oxygen atoms in total. The quantitative estimate of drug-likeness (QED) is 0.928. The summed E-state index contributed by atoms with van der Waals surface area (Å²) >= 11 is 3.54. The Kier molecular flexibility index (Phi) is 3.43. The van der Waals surface area contributed by atoms with Gasteiger partial charge in [-0.2, -0.15) is 0 Å². The molecule has 0 saturated heterocycles. The van der Waals surface area contributed by atoms with Crippen LogP contribution < -0.4 is 5.73 Å². The van der Waals surface area contributed by atoms with Crippen LogP contribution in [0.2, 0.25) is 0 Å². The van der Waals surface area contributed by atoms with E-state index in [0.717, 1.165) is 15.7 Å². The average Bonchev–Trinajstić information content (AvgIpc) is 2.62. The number of hydrogen-bond donors (Lipinski definition) is 1. The number of nitrogens with zero attached hydrogens (tertiary/aromatic N) is 3. The van der Waals surface area contributed by atoms with Gasteiger partial charge in [-0.15, -0.1) is 5.10 Å². The summed E-state index contributed by atoms with van der Waals surface area (Å²) in [4.78, 5) is 0. The van der Waals surface area contributed by atoms with Crippen molar-refractivity contribution in [2.24, 2.45) is 0 Å². The van der Waals surface area contributed by atoms with Crippen molar-refractivity contribution >= 4 is 21.7 Å². The summed E-state index contributed by atoms with van der Waals surface area (Å²) in [5.41, 5.74) is 7.97. The summed E-state index contributed by atoms with van der Waals surface area (Å²) < 4.78 is 2.94. The molecule has 0 aliphatic rings. The summed E-state index contributed by atoms with van der Waals surface area (Å²) in [5, 5.41) is 8.12. The molecule has 0 radical (unpaired) electrons. The van der Waals surface area contributed by atoms with Crippen LogP contribution in [0.25, 0.3) is 0 Å². The van der Waals surface area contributed by atoms with Gasteiger partial charge in [-0.1, -0.05) is 60.1 Å². The minimum Gasteiger partial charge on any atom is -0.381 e. The summed E-state index contributed by atoms with van der Waals surface area (Å²) in [6.45, 7) is 6.99. The Labute approximate surface area is 115 Å². The van der Waals surface area contributed by atoms with Gasteiger partial charge in [-0.3, -0.25) is 0 Å². The highest BCUT2D eigenvalue weighted by atomic mass is 79.9. The monoisotopic (exact) mass is 308 g/mol. The Balaban J connectivity index is 2.39. The van der Waals surface area contributed by atoms with Crippen LogP contribution in [0.15, 0.2) is 28.7 Å². The molecular weight excluding hydrogens is 292 g/mol. The van der Waals surface area contributed by atoms with Crippen LogP contribution >= 0.6 is 15.9 Å². The molecule has 0 atom stereocenters. The first-order valence-corrected chi connectivity index (χ1v) is 6.62. The molecule has 2 aromatic rings. The van der Waals surface area contributed by atoms with Crippen LogP contribution in [-0.4, -0.2) is 15.0 Å². The lowest BCUT2D eigenvalue weighted by Gasteiger charge is -2.20. The number of halogens is 1. The van der Waals surface area contributed by atoms with Gasteiger partial charge in [0.1, 0.15) is 0 Å². The van der Waals surface area contributed by atoms with Crippen LogP contribution in [0, 0.1) is 0 Å². The molecule has 0 saturated carbocycles. The van der Waals surface area contributed by atoms with Gasteiger partial charge >= 0.3 is 0 Å². The van der Waals surface area contributed by atoms with Gasteiger partial charge in [0.2, 0.25) is 0 Å². The van der Waals surface area contributed by atoms with E-state index in [-0.39, 0.29) is 5.41 Å². The number of hydrogen-bond acceptors (Lipinski definition) is 3. The standard InChI is InChI=1S/C13H17BrN4/c1-13(2,3)11-12(15)16-17-18(11)8-9-6-4-5-7-10(9)14/h4-7H,8,15H2,1-3H3. The van der Waals surface area contributed by atoms with Crippen LogP contribution in [-0.2, 0) is 12.0 Å². The lowest BCUT2D eigenvalue weighted by atomic mass is 9.92. The number of rotatable bonds is 2. The highest BCUT2D eigenvalue weighted by Crippen LogP contribution is 2.27. The lowest BCUT2D eigenvalue weighted by molar-refractivity contribution is 0.502. The van der Waals surface area contributed by atoms with Crippen molar-refractivity contribution in [3.63, 3.8) is 0 Å². The molecule has 0 aliphatic carbocycles. The third-order valence-electron chi connectivity index (χ3n) is 2.75. The molecule has 2 rings (SSSR count). The molecule has 1 heterocycles. The summed E-state index contributed by atoms with van der Waals surface area (Å²) in [7, 11) is 0. The van der Waals surface area contributed by atoms with E-state index in [1.807, 2.05) is 22.9 Å². The SMILES string of the molecule is CC(C)(C)c1c(N)nnn1Cc1ccccc1Br. The van der Waals surface area contributed by atoms with Crippen LogP contribution in [0.1, 0.15) is 32.0 Å². The first-order valence-electron chi connectivity index (χ1n) is 5.82. The minimum atomic E-state index is -0.0746. The summed E-state index contributed by atoms with van der Waals surface area (Å²) in [5.74, 6) is 0.509. The third-order valence-corrected chi connectivity index (χ3v) is 3.52. The predicted molar refractivity (Wildman–Crippen MR) is 76.4 cm³/mol. The van der Waals surface area contributed by atoms with Gasteiger partial charge in [-0.25, -0.2) is 4.68 Å². The molecule has 96 valence electrons. The maximum absolute atomic E-state index is 5.91. The highest BCUT2D eigenvalue weighted by Gasteiger charge is 2.24. The molecule has 5 heteroatoms. The molecule has 0 spiro atoms. The second kappa shape index (κ2) is 4.72. The molecule has 0 aliphatic heterocycles. The second-order valence-corrected chi connectivity index (χ2v) is 6.18. The van der Waals surface area contributed by atoms with E-state index in [0.29, 0.717) is 12.4 Å². The zero-order chi connectivity index (χ0) is 13.3. The van der Waals surface area contributed by atoms with Crippen molar-refractivity contribution in [3.8, 4) is 0 Å². The fraction of sp³-hybridized carbons (Fsp3) is 0.385. The van der Waals surface area contributed by atoms with Crippen molar-refractivity contribution in [3.05, 3.63) is 40.0 Å². The molecule has 0 bridgehead atoms. The maximum Gasteiger partial charge on any atom is 0.169 e. The van der Waals surface area contributed by atoms with Crippen molar-refractivity contribution in [1.82, 2.24) is 15.0 Å². The van der Waals surface area contributed by atoms with Crippen molar-refractivity contribution in [1.29, 1.82) is 0 Å². The Bertz CT molecular complexity index is 554. The molecule has 2 N–H and O–H groups in total. The second-order valence-electron chi connectivity index (χ2n) is 5.32. The average molecular weight is 309 g/mol. The maximum atomic E-state index is 5.91.